The second-order valence-corrected chi connectivity index (χ2v) is 7.43. The number of aryl methyl sites for hydroxylation is 2. The molecule has 0 spiro atoms. The van der Waals surface area contributed by atoms with E-state index in [1.54, 1.807) is 7.05 Å². The summed E-state index contributed by atoms with van der Waals surface area (Å²) in [5, 5.41) is 2.86. The number of ether oxygens (including phenoxy) is 1. The fourth-order valence-corrected chi connectivity index (χ4v) is 3.39. The minimum atomic E-state index is -0.199. The Kier molecular flexibility index (Phi) is 7.25. The van der Waals surface area contributed by atoms with Gasteiger partial charge < -0.3 is 19.9 Å². The van der Waals surface area contributed by atoms with Crippen LogP contribution in [0.5, 0.6) is 0 Å². The zero-order valence-electron chi connectivity index (χ0n) is 17.2. The third-order valence-electron chi connectivity index (χ3n) is 5.04. The van der Waals surface area contributed by atoms with E-state index in [2.05, 4.69) is 16.3 Å². The molecule has 2 amide bonds. The van der Waals surface area contributed by atoms with E-state index in [1.165, 1.54) is 10.5 Å². The summed E-state index contributed by atoms with van der Waals surface area (Å²) in [7, 11) is 1.67. The van der Waals surface area contributed by atoms with Crippen molar-refractivity contribution in [2.45, 2.75) is 19.8 Å². The molecule has 3 rings (SSSR count). The monoisotopic (exact) mass is 395 g/mol. The summed E-state index contributed by atoms with van der Waals surface area (Å²) in [6, 6.07) is 15.9. The van der Waals surface area contributed by atoms with E-state index in [4.69, 9.17) is 4.74 Å². The lowest BCUT2D eigenvalue weighted by Gasteiger charge is -2.28. The van der Waals surface area contributed by atoms with Crippen molar-refractivity contribution in [1.29, 1.82) is 0 Å². The van der Waals surface area contributed by atoms with Gasteiger partial charge in [0.1, 0.15) is 0 Å². The number of anilines is 2. The number of likely N-dealkylation sites (N-methyl/N-ethyl adjacent to an activating group) is 1. The number of carbonyl (C=O) groups is 2. The molecule has 6 heteroatoms. The molecule has 154 valence electrons. The van der Waals surface area contributed by atoms with E-state index < -0.39 is 0 Å². The van der Waals surface area contributed by atoms with Crippen LogP contribution >= 0.6 is 0 Å². The Morgan fingerprint density at radius 2 is 1.83 bits per heavy atom. The molecule has 1 fully saturated rings. The summed E-state index contributed by atoms with van der Waals surface area (Å²) in [6.07, 6.45) is 1.07. The average molecular weight is 396 g/mol. The quantitative estimate of drug-likeness (QED) is 0.783. The van der Waals surface area contributed by atoms with Crippen LogP contribution in [-0.2, 0) is 20.7 Å². The highest BCUT2D eigenvalue weighted by molar-refractivity contribution is 5.94. The van der Waals surface area contributed by atoms with Crippen molar-refractivity contribution in [2.24, 2.45) is 0 Å². The molecule has 2 aromatic carbocycles. The Labute approximate surface area is 172 Å². The third-order valence-corrected chi connectivity index (χ3v) is 5.04. The first-order valence-electron chi connectivity index (χ1n) is 10.0. The van der Waals surface area contributed by atoms with Crippen LogP contribution in [-0.4, -0.2) is 56.6 Å². The number of morpholine rings is 1. The largest absolute Gasteiger partial charge is 0.378 e. The molecule has 0 aliphatic carbocycles. The molecule has 2 aromatic rings. The lowest BCUT2D eigenvalue weighted by Crippen LogP contribution is -2.36. The number of rotatable bonds is 7. The molecule has 1 saturated heterocycles. The normalized spacial score (nSPS) is 13.8. The molecule has 1 heterocycles. The molecule has 0 radical (unpaired) electrons. The Balaban J connectivity index is 1.44. The first kappa shape index (κ1) is 20.9. The highest BCUT2D eigenvalue weighted by Crippen LogP contribution is 2.19. The number of hydrogen-bond donors (Lipinski definition) is 1. The lowest BCUT2D eigenvalue weighted by atomic mass is 10.1. The van der Waals surface area contributed by atoms with Crippen LogP contribution in [0.4, 0.5) is 11.4 Å². The van der Waals surface area contributed by atoms with Crippen molar-refractivity contribution in [3.8, 4) is 0 Å². The summed E-state index contributed by atoms with van der Waals surface area (Å²) in [6.45, 7) is 5.31. The second-order valence-electron chi connectivity index (χ2n) is 7.43. The van der Waals surface area contributed by atoms with Crippen LogP contribution < -0.4 is 10.2 Å². The Morgan fingerprint density at radius 1 is 1.10 bits per heavy atom. The van der Waals surface area contributed by atoms with Crippen molar-refractivity contribution in [3.63, 3.8) is 0 Å². The minimum absolute atomic E-state index is 0.0377. The smallest absolute Gasteiger partial charge is 0.243 e. The van der Waals surface area contributed by atoms with Gasteiger partial charge in [-0.2, -0.15) is 0 Å². The molecule has 0 bridgehead atoms. The topological polar surface area (TPSA) is 61.9 Å². The highest BCUT2D eigenvalue weighted by Gasteiger charge is 2.14. The third kappa shape index (κ3) is 6.32. The Morgan fingerprint density at radius 3 is 2.52 bits per heavy atom. The van der Waals surface area contributed by atoms with E-state index in [-0.39, 0.29) is 18.4 Å². The second kappa shape index (κ2) is 10.1. The molecule has 1 aliphatic heterocycles. The maximum Gasteiger partial charge on any atom is 0.243 e. The highest BCUT2D eigenvalue weighted by atomic mass is 16.5. The van der Waals surface area contributed by atoms with Gasteiger partial charge in [-0.1, -0.05) is 29.8 Å². The molecular weight excluding hydrogens is 366 g/mol. The van der Waals surface area contributed by atoms with Crippen LogP contribution in [0.1, 0.15) is 17.5 Å². The molecule has 1 aliphatic rings. The maximum absolute atomic E-state index is 12.3. The number of hydrogen-bond acceptors (Lipinski definition) is 4. The molecule has 0 atom stereocenters. The van der Waals surface area contributed by atoms with E-state index in [0.29, 0.717) is 12.8 Å². The molecule has 1 N–H and O–H groups in total. The zero-order valence-corrected chi connectivity index (χ0v) is 17.2. The maximum atomic E-state index is 12.3. The Hall–Kier alpha value is -2.86. The van der Waals surface area contributed by atoms with Gasteiger partial charge in [-0.15, -0.1) is 0 Å². The standard InChI is InChI=1S/C23H29N3O3/c1-18-4-3-5-19(16-18)6-11-23(28)25(2)17-22(27)24-20-7-9-21(10-8-20)26-12-14-29-15-13-26/h3-5,7-10,16H,6,11-15,17H2,1-2H3,(H,24,27). The first-order valence-corrected chi connectivity index (χ1v) is 10.0. The lowest BCUT2D eigenvalue weighted by molar-refractivity contribution is -0.133. The predicted octanol–water partition coefficient (Wildman–Crippen LogP) is 2.86. The van der Waals surface area contributed by atoms with Crippen LogP contribution in [0, 0.1) is 6.92 Å². The minimum Gasteiger partial charge on any atom is -0.378 e. The molecule has 0 unspecified atom stereocenters. The Bertz CT molecular complexity index is 830. The zero-order chi connectivity index (χ0) is 20.6. The van der Waals surface area contributed by atoms with Crippen LogP contribution in [0.3, 0.4) is 0 Å². The van der Waals surface area contributed by atoms with Crippen LogP contribution in [0.25, 0.3) is 0 Å². The number of carbonyl (C=O) groups excluding carboxylic acids is 2. The summed E-state index contributed by atoms with van der Waals surface area (Å²) in [5.74, 6) is -0.236. The SMILES string of the molecule is Cc1cccc(CCC(=O)N(C)CC(=O)Nc2ccc(N3CCOCC3)cc2)c1. The van der Waals surface area contributed by atoms with Gasteiger partial charge in [-0.25, -0.2) is 0 Å². The van der Waals surface area contributed by atoms with E-state index in [9.17, 15) is 9.59 Å². The molecule has 6 nitrogen and oxygen atoms in total. The molecule has 0 saturated carbocycles. The number of amides is 2. The molecule has 29 heavy (non-hydrogen) atoms. The van der Waals surface area contributed by atoms with Gasteiger partial charge in [-0.3, -0.25) is 9.59 Å². The van der Waals surface area contributed by atoms with E-state index in [0.717, 1.165) is 43.2 Å². The fraction of sp³-hybridized carbons (Fsp3) is 0.391. The average Bonchev–Trinajstić information content (AvgIpc) is 2.73. The summed E-state index contributed by atoms with van der Waals surface area (Å²) < 4.78 is 5.37. The fourth-order valence-electron chi connectivity index (χ4n) is 3.39. The van der Waals surface area contributed by atoms with Crippen molar-refractivity contribution < 1.29 is 14.3 Å². The summed E-state index contributed by atoms with van der Waals surface area (Å²) >= 11 is 0. The van der Waals surface area contributed by atoms with Crippen molar-refractivity contribution in [1.82, 2.24) is 4.90 Å². The van der Waals surface area contributed by atoms with Gasteiger partial charge in [0.25, 0.3) is 0 Å². The van der Waals surface area contributed by atoms with Crippen molar-refractivity contribution >= 4 is 23.2 Å². The van der Waals surface area contributed by atoms with E-state index in [1.807, 2.05) is 49.4 Å². The summed E-state index contributed by atoms with van der Waals surface area (Å²) in [5.41, 5.74) is 4.17. The number of nitrogens with one attached hydrogen (secondary N) is 1. The molecule has 0 aromatic heterocycles. The van der Waals surface area contributed by atoms with Gasteiger partial charge in [0.05, 0.1) is 19.8 Å². The van der Waals surface area contributed by atoms with Crippen LogP contribution in [0.2, 0.25) is 0 Å². The summed E-state index contributed by atoms with van der Waals surface area (Å²) in [4.78, 5) is 28.4. The van der Waals surface area contributed by atoms with Crippen molar-refractivity contribution in [2.75, 3.05) is 50.1 Å². The van der Waals surface area contributed by atoms with Gasteiger partial charge in [0, 0.05) is 37.9 Å². The predicted molar refractivity (Wildman–Crippen MR) is 115 cm³/mol. The van der Waals surface area contributed by atoms with Gasteiger partial charge in [0.2, 0.25) is 11.8 Å². The van der Waals surface area contributed by atoms with Gasteiger partial charge in [0.15, 0.2) is 0 Å². The number of nitrogens with zero attached hydrogens (tertiary/aromatic N) is 2. The number of benzene rings is 2. The van der Waals surface area contributed by atoms with Crippen molar-refractivity contribution in [3.05, 3.63) is 59.7 Å². The van der Waals surface area contributed by atoms with Crippen LogP contribution in [0.15, 0.2) is 48.5 Å². The van der Waals surface area contributed by atoms with E-state index >= 15 is 0 Å². The first-order chi connectivity index (χ1) is 14.0. The van der Waals surface area contributed by atoms with Gasteiger partial charge >= 0.3 is 0 Å². The van der Waals surface area contributed by atoms with Gasteiger partial charge in [-0.05, 0) is 43.2 Å². The molecular formula is C23H29N3O3.